The highest BCUT2D eigenvalue weighted by molar-refractivity contribution is 5.49. The lowest BCUT2D eigenvalue weighted by Crippen LogP contribution is -2.19. The third kappa shape index (κ3) is 1.42. The molecule has 2 N–H and O–H groups in total. The highest BCUT2D eigenvalue weighted by Crippen LogP contribution is 2.38. The van der Waals surface area contributed by atoms with Gasteiger partial charge < -0.3 is 15.2 Å². The van der Waals surface area contributed by atoms with Crippen LogP contribution >= 0.6 is 0 Å². The van der Waals surface area contributed by atoms with Crippen molar-refractivity contribution >= 4 is 0 Å². The van der Waals surface area contributed by atoms with E-state index in [1.54, 1.807) is 6.07 Å². The maximum absolute atomic E-state index is 13.3. The molecule has 0 radical (unpaired) electrons. The van der Waals surface area contributed by atoms with E-state index in [9.17, 15) is 4.39 Å². The Hall–Kier alpha value is -1.29. The predicted molar refractivity (Wildman–Crippen MR) is 50.0 cm³/mol. The van der Waals surface area contributed by atoms with Crippen molar-refractivity contribution in [2.75, 3.05) is 13.2 Å². The van der Waals surface area contributed by atoms with Gasteiger partial charge in [-0.1, -0.05) is 6.07 Å². The van der Waals surface area contributed by atoms with Gasteiger partial charge in [-0.25, -0.2) is 4.39 Å². The van der Waals surface area contributed by atoms with Crippen molar-refractivity contribution in [3.8, 4) is 11.5 Å². The molecule has 1 unspecified atom stereocenters. The van der Waals surface area contributed by atoms with Crippen LogP contribution in [0.5, 0.6) is 11.5 Å². The fraction of sp³-hybridized carbons (Fsp3) is 0.400. The molecule has 0 fully saturated rings. The third-order valence-corrected chi connectivity index (χ3v) is 2.16. The molecular formula is C10H12FNO2. The number of fused-ring (bicyclic) bond motifs is 1. The number of ether oxygens (including phenoxy) is 2. The normalized spacial score (nSPS) is 16.5. The standard InChI is InChI=1S/C10H12FNO2/c1-6(12)7-2-3-8(11)10-9(7)13-4-5-14-10/h2-3,6H,4-5,12H2,1H3. The summed E-state index contributed by atoms with van der Waals surface area (Å²) in [5, 5.41) is 0. The summed E-state index contributed by atoms with van der Waals surface area (Å²) in [7, 11) is 0. The first-order valence-corrected chi connectivity index (χ1v) is 4.53. The molecule has 0 amide bonds. The van der Waals surface area contributed by atoms with E-state index in [1.807, 2.05) is 6.92 Å². The van der Waals surface area contributed by atoms with E-state index in [1.165, 1.54) is 6.07 Å². The molecule has 1 aromatic carbocycles. The van der Waals surface area contributed by atoms with Gasteiger partial charge in [0.2, 0.25) is 0 Å². The topological polar surface area (TPSA) is 44.5 Å². The third-order valence-electron chi connectivity index (χ3n) is 2.16. The highest BCUT2D eigenvalue weighted by Gasteiger charge is 2.21. The van der Waals surface area contributed by atoms with E-state index in [2.05, 4.69) is 0 Å². The van der Waals surface area contributed by atoms with Gasteiger partial charge in [0.15, 0.2) is 17.3 Å². The van der Waals surface area contributed by atoms with Crippen LogP contribution in [0.25, 0.3) is 0 Å². The van der Waals surface area contributed by atoms with E-state index in [4.69, 9.17) is 15.2 Å². The molecule has 1 aromatic rings. The molecule has 3 nitrogen and oxygen atoms in total. The van der Waals surface area contributed by atoms with Crippen molar-refractivity contribution in [3.05, 3.63) is 23.5 Å². The second-order valence-electron chi connectivity index (χ2n) is 3.28. The average molecular weight is 197 g/mol. The van der Waals surface area contributed by atoms with Gasteiger partial charge in [-0.3, -0.25) is 0 Å². The molecule has 14 heavy (non-hydrogen) atoms. The quantitative estimate of drug-likeness (QED) is 0.744. The zero-order valence-electron chi connectivity index (χ0n) is 7.92. The maximum atomic E-state index is 13.3. The Morgan fingerprint density at radius 1 is 1.29 bits per heavy atom. The summed E-state index contributed by atoms with van der Waals surface area (Å²) in [5.41, 5.74) is 6.51. The molecule has 1 aliphatic rings. The summed E-state index contributed by atoms with van der Waals surface area (Å²) in [5.74, 6) is 0.237. The van der Waals surface area contributed by atoms with Gasteiger partial charge in [0.05, 0.1) is 0 Å². The van der Waals surface area contributed by atoms with Crippen LogP contribution in [-0.2, 0) is 0 Å². The Morgan fingerprint density at radius 2 is 1.93 bits per heavy atom. The fourth-order valence-electron chi connectivity index (χ4n) is 1.48. The predicted octanol–water partition coefficient (Wildman–Crippen LogP) is 1.62. The van der Waals surface area contributed by atoms with Crippen molar-refractivity contribution in [2.24, 2.45) is 5.73 Å². The van der Waals surface area contributed by atoms with Crippen LogP contribution in [0.3, 0.4) is 0 Å². The number of hydrogen-bond acceptors (Lipinski definition) is 3. The molecule has 1 atom stereocenters. The summed E-state index contributed by atoms with van der Waals surface area (Å²) in [4.78, 5) is 0. The molecular weight excluding hydrogens is 185 g/mol. The van der Waals surface area contributed by atoms with Gasteiger partial charge in [0.25, 0.3) is 0 Å². The fourth-order valence-corrected chi connectivity index (χ4v) is 1.48. The lowest BCUT2D eigenvalue weighted by atomic mass is 10.1. The maximum Gasteiger partial charge on any atom is 0.197 e. The number of halogens is 1. The second kappa shape index (κ2) is 3.46. The Balaban J connectivity index is 2.53. The van der Waals surface area contributed by atoms with Crippen LogP contribution in [0.2, 0.25) is 0 Å². The van der Waals surface area contributed by atoms with Crippen LogP contribution in [-0.4, -0.2) is 13.2 Å². The van der Waals surface area contributed by atoms with Crippen molar-refractivity contribution in [1.29, 1.82) is 0 Å². The van der Waals surface area contributed by atoms with E-state index < -0.39 is 5.82 Å². The first kappa shape index (κ1) is 9.27. The monoisotopic (exact) mass is 197 g/mol. The number of rotatable bonds is 1. The van der Waals surface area contributed by atoms with Crippen molar-refractivity contribution in [3.63, 3.8) is 0 Å². The van der Waals surface area contributed by atoms with Crippen LogP contribution in [0, 0.1) is 5.82 Å². The molecule has 76 valence electrons. The molecule has 0 bridgehead atoms. The van der Waals surface area contributed by atoms with Crippen LogP contribution < -0.4 is 15.2 Å². The molecule has 1 aliphatic heterocycles. The van der Waals surface area contributed by atoms with Crippen LogP contribution in [0.4, 0.5) is 4.39 Å². The Morgan fingerprint density at radius 3 is 2.57 bits per heavy atom. The summed E-state index contributed by atoms with van der Waals surface area (Å²) in [6.45, 7) is 2.65. The van der Waals surface area contributed by atoms with E-state index >= 15 is 0 Å². The van der Waals surface area contributed by atoms with Gasteiger partial charge in [0.1, 0.15) is 13.2 Å². The lowest BCUT2D eigenvalue weighted by Gasteiger charge is -2.22. The molecule has 0 saturated heterocycles. The van der Waals surface area contributed by atoms with E-state index in [-0.39, 0.29) is 11.8 Å². The van der Waals surface area contributed by atoms with E-state index in [0.717, 1.165) is 5.56 Å². The SMILES string of the molecule is CC(N)c1ccc(F)c2c1OCCO2. The molecule has 0 spiro atoms. The molecule has 0 aliphatic carbocycles. The van der Waals surface area contributed by atoms with Crippen molar-refractivity contribution in [1.82, 2.24) is 0 Å². The van der Waals surface area contributed by atoms with Gasteiger partial charge >= 0.3 is 0 Å². The number of benzene rings is 1. The second-order valence-corrected chi connectivity index (χ2v) is 3.28. The van der Waals surface area contributed by atoms with Gasteiger partial charge in [-0.2, -0.15) is 0 Å². The van der Waals surface area contributed by atoms with Gasteiger partial charge in [-0.05, 0) is 13.0 Å². The van der Waals surface area contributed by atoms with Gasteiger partial charge in [-0.15, -0.1) is 0 Å². The lowest BCUT2D eigenvalue weighted by molar-refractivity contribution is 0.162. The minimum Gasteiger partial charge on any atom is -0.486 e. The summed E-state index contributed by atoms with van der Waals surface area (Å²) >= 11 is 0. The zero-order chi connectivity index (χ0) is 10.1. The minimum absolute atomic E-state index is 0.186. The summed E-state index contributed by atoms with van der Waals surface area (Å²) < 4.78 is 23.8. The highest BCUT2D eigenvalue weighted by atomic mass is 19.1. The van der Waals surface area contributed by atoms with Gasteiger partial charge in [0, 0.05) is 11.6 Å². The number of hydrogen-bond donors (Lipinski definition) is 1. The molecule has 0 saturated carbocycles. The molecule has 1 heterocycles. The summed E-state index contributed by atoms with van der Waals surface area (Å²) in [6, 6.07) is 2.80. The largest absolute Gasteiger partial charge is 0.486 e. The average Bonchev–Trinajstić information content (AvgIpc) is 2.18. The van der Waals surface area contributed by atoms with Crippen molar-refractivity contribution < 1.29 is 13.9 Å². The Labute approximate surface area is 81.6 Å². The Kier molecular flexibility index (Phi) is 2.29. The molecule has 2 rings (SSSR count). The Bertz CT molecular complexity index is 352. The van der Waals surface area contributed by atoms with E-state index in [0.29, 0.717) is 19.0 Å². The minimum atomic E-state index is -0.399. The zero-order valence-corrected chi connectivity index (χ0v) is 7.92. The van der Waals surface area contributed by atoms with Crippen LogP contribution in [0.15, 0.2) is 12.1 Å². The smallest absolute Gasteiger partial charge is 0.197 e. The van der Waals surface area contributed by atoms with Crippen LogP contribution in [0.1, 0.15) is 18.5 Å². The first-order valence-electron chi connectivity index (χ1n) is 4.53. The first-order chi connectivity index (χ1) is 6.70. The van der Waals surface area contributed by atoms with Crippen molar-refractivity contribution in [2.45, 2.75) is 13.0 Å². The molecule has 0 aromatic heterocycles. The molecule has 4 heteroatoms. The summed E-state index contributed by atoms with van der Waals surface area (Å²) in [6.07, 6.45) is 0. The number of nitrogens with two attached hydrogens (primary N) is 1.